The summed E-state index contributed by atoms with van der Waals surface area (Å²) in [5.74, 6) is -0.659. The van der Waals surface area contributed by atoms with Gasteiger partial charge in [-0.15, -0.1) is 0 Å². The lowest BCUT2D eigenvalue weighted by Crippen LogP contribution is -2.24. The van der Waals surface area contributed by atoms with Crippen LogP contribution in [0.4, 0.5) is 5.69 Å². The van der Waals surface area contributed by atoms with E-state index in [9.17, 15) is 14.7 Å². The number of carboxylic acid groups (broad SMARTS) is 1. The zero-order valence-corrected chi connectivity index (χ0v) is 12.8. The molecule has 0 aliphatic rings. The minimum atomic E-state index is -1.05. The number of hydrogen-bond acceptors (Lipinski definition) is 3. The predicted molar refractivity (Wildman–Crippen MR) is 83.4 cm³/mol. The van der Waals surface area contributed by atoms with Crippen LogP contribution in [0.3, 0.4) is 0 Å². The summed E-state index contributed by atoms with van der Waals surface area (Å²) in [5, 5.41) is 11.9. The fourth-order valence-electron chi connectivity index (χ4n) is 2.34. The van der Waals surface area contributed by atoms with Gasteiger partial charge in [0, 0.05) is 6.42 Å². The highest BCUT2D eigenvalue weighted by Gasteiger charge is 2.17. The third-order valence-corrected chi connectivity index (χ3v) is 3.29. The maximum atomic E-state index is 12.1. The Hall–Kier alpha value is -1.88. The fraction of sp³-hybridized carbons (Fsp3) is 0.500. The van der Waals surface area contributed by atoms with Crippen molar-refractivity contribution in [2.45, 2.75) is 33.6 Å². The maximum Gasteiger partial charge on any atom is 0.337 e. The first-order valence-electron chi connectivity index (χ1n) is 7.17. The molecule has 5 heteroatoms. The molecule has 1 aromatic carbocycles. The third kappa shape index (κ3) is 5.55. The zero-order chi connectivity index (χ0) is 16.0. The van der Waals surface area contributed by atoms with E-state index < -0.39 is 5.97 Å². The van der Waals surface area contributed by atoms with E-state index in [-0.39, 0.29) is 17.4 Å². The molecule has 0 heterocycles. The lowest BCUT2D eigenvalue weighted by atomic mass is 9.94. The van der Waals surface area contributed by atoms with Gasteiger partial charge in [-0.3, -0.25) is 4.79 Å². The first-order chi connectivity index (χ1) is 9.83. The van der Waals surface area contributed by atoms with Crippen molar-refractivity contribution in [1.82, 2.24) is 0 Å². The van der Waals surface area contributed by atoms with Crippen LogP contribution in [0.25, 0.3) is 0 Å². The molecule has 0 aliphatic carbocycles. The van der Waals surface area contributed by atoms with Crippen molar-refractivity contribution >= 4 is 17.6 Å². The minimum Gasteiger partial charge on any atom is -0.478 e. The quantitative estimate of drug-likeness (QED) is 0.720. The van der Waals surface area contributed by atoms with Gasteiger partial charge in [0.05, 0.1) is 11.3 Å². The summed E-state index contributed by atoms with van der Waals surface area (Å²) < 4.78 is 0. The second-order valence-electron chi connectivity index (χ2n) is 5.84. The Morgan fingerprint density at radius 1 is 1.33 bits per heavy atom. The van der Waals surface area contributed by atoms with Gasteiger partial charge in [0.25, 0.3) is 0 Å². The number of aryl methyl sites for hydroxylation is 1. The molecule has 1 rings (SSSR count). The summed E-state index contributed by atoms with van der Waals surface area (Å²) in [5.41, 5.74) is 6.96. The molecule has 116 valence electrons. The van der Waals surface area contributed by atoms with E-state index in [1.54, 1.807) is 18.2 Å². The molecule has 0 fully saturated rings. The Morgan fingerprint density at radius 2 is 2.00 bits per heavy atom. The highest BCUT2D eigenvalue weighted by atomic mass is 16.4. The van der Waals surface area contributed by atoms with Gasteiger partial charge in [-0.25, -0.2) is 4.79 Å². The molecule has 1 atom stereocenters. The van der Waals surface area contributed by atoms with E-state index in [1.165, 1.54) is 0 Å². The van der Waals surface area contributed by atoms with Crippen molar-refractivity contribution in [2.24, 2.45) is 17.6 Å². The van der Waals surface area contributed by atoms with Gasteiger partial charge in [0.1, 0.15) is 0 Å². The Bertz CT molecular complexity index is 512. The molecule has 0 aromatic heterocycles. The standard InChI is InChI=1S/C16H24N2O3/c1-10(2)6-12(9-17)8-15(19)18-14-5-4-11(3)7-13(14)16(20)21/h4-5,7,10,12H,6,8-9,17H2,1-3H3,(H,18,19)(H,20,21). The SMILES string of the molecule is Cc1ccc(NC(=O)CC(CN)CC(C)C)c(C(=O)O)c1. The Balaban J connectivity index is 2.77. The molecule has 1 aromatic rings. The fourth-order valence-corrected chi connectivity index (χ4v) is 2.34. The summed E-state index contributed by atoms with van der Waals surface area (Å²) >= 11 is 0. The van der Waals surface area contributed by atoms with Crippen molar-refractivity contribution in [3.05, 3.63) is 29.3 Å². The van der Waals surface area contributed by atoms with Crippen LogP contribution in [-0.4, -0.2) is 23.5 Å². The monoisotopic (exact) mass is 292 g/mol. The summed E-state index contributed by atoms with van der Waals surface area (Å²) in [6, 6.07) is 4.94. The van der Waals surface area contributed by atoms with E-state index in [2.05, 4.69) is 19.2 Å². The van der Waals surface area contributed by atoms with E-state index in [0.717, 1.165) is 12.0 Å². The van der Waals surface area contributed by atoms with Gasteiger partial charge in [-0.1, -0.05) is 25.5 Å². The molecule has 0 saturated heterocycles. The zero-order valence-electron chi connectivity index (χ0n) is 12.8. The molecular formula is C16H24N2O3. The first-order valence-corrected chi connectivity index (χ1v) is 7.17. The molecule has 5 nitrogen and oxygen atoms in total. The number of carbonyl (C=O) groups is 2. The molecule has 0 radical (unpaired) electrons. The van der Waals surface area contributed by atoms with Crippen LogP contribution in [0.1, 0.15) is 42.6 Å². The van der Waals surface area contributed by atoms with Gasteiger partial charge in [-0.05, 0) is 43.9 Å². The number of benzene rings is 1. The van der Waals surface area contributed by atoms with Crippen molar-refractivity contribution in [2.75, 3.05) is 11.9 Å². The Kier molecular flexibility index (Phi) is 6.37. The van der Waals surface area contributed by atoms with Gasteiger partial charge < -0.3 is 16.2 Å². The van der Waals surface area contributed by atoms with E-state index >= 15 is 0 Å². The summed E-state index contributed by atoms with van der Waals surface area (Å²) in [7, 11) is 0. The molecule has 0 bridgehead atoms. The molecule has 1 amide bonds. The number of amides is 1. The second kappa shape index (κ2) is 7.78. The van der Waals surface area contributed by atoms with E-state index in [1.807, 2.05) is 6.92 Å². The van der Waals surface area contributed by atoms with Crippen LogP contribution < -0.4 is 11.1 Å². The number of anilines is 1. The van der Waals surface area contributed by atoms with Crippen molar-refractivity contribution < 1.29 is 14.7 Å². The molecule has 4 N–H and O–H groups in total. The highest BCUT2D eigenvalue weighted by Crippen LogP contribution is 2.20. The van der Waals surface area contributed by atoms with Gasteiger partial charge in [-0.2, -0.15) is 0 Å². The number of nitrogens with two attached hydrogens (primary N) is 1. The highest BCUT2D eigenvalue weighted by molar-refractivity contribution is 6.00. The molecule has 0 saturated carbocycles. The van der Waals surface area contributed by atoms with Gasteiger partial charge >= 0.3 is 5.97 Å². The Morgan fingerprint density at radius 3 is 2.52 bits per heavy atom. The number of carbonyl (C=O) groups excluding carboxylic acids is 1. The van der Waals surface area contributed by atoms with Crippen LogP contribution >= 0.6 is 0 Å². The van der Waals surface area contributed by atoms with E-state index in [0.29, 0.717) is 24.6 Å². The number of nitrogens with one attached hydrogen (secondary N) is 1. The molecule has 21 heavy (non-hydrogen) atoms. The van der Waals surface area contributed by atoms with Crippen LogP contribution in [0.2, 0.25) is 0 Å². The van der Waals surface area contributed by atoms with Crippen molar-refractivity contribution in [3.8, 4) is 0 Å². The number of rotatable bonds is 7. The number of aromatic carboxylic acids is 1. The largest absolute Gasteiger partial charge is 0.478 e. The van der Waals surface area contributed by atoms with Gasteiger partial charge in [0.2, 0.25) is 5.91 Å². The third-order valence-electron chi connectivity index (χ3n) is 3.29. The van der Waals surface area contributed by atoms with Crippen molar-refractivity contribution in [1.29, 1.82) is 0 Å². The normalized spacial score (nSPS) is 12.2. The molecule has 0 spiro atoms. The maximum absolute atomic E-state index is 12.1. The van der Waals surface area contributed by atoms with Crippen LogP contribution in [0, 0.1) is 18.8 Å². The first kappa shape index (κ1) is 17.2. The second-order valence-corrected chi connectivity index (χ2v) is 5.84. The van der Waals surface area contributed by atoms with Gasteiger partial charge in [0.15, 0.2) is 0 Å². The molecule has 0 aliphatic heterocycles. The smallest absolute Gasteiger partial charge is 0.337 e. The topological polar surface area (TPSA) is 92.4 Å². The average molecular weight is 292 g/mol. The average Bonchev–Trinajstić information content (AvgIpc) is 2.39. The number of carboxylic acids is 1. The summed E-state index contributed by atoms with van der Waals surface area (Å²) in [4.78, 5) is 23.3. The van der Waals surface area contributed by atoms with Crippen LogP contribution in [0.5, 0.6) is 0 Å². The molecule has 1 unspecified atom stereocenters. The predicted octanol–water partition coefficient (Wildman–Crippen LogP) is 2.64. The minimum absolute atomic E-state index is 0.108. The lowest BCUT2D eigenvalue weighted by Gasteiger charge is -2.17. The lowest BCUT2D eigenvalue weighted by molar-refractivity contribution is -0.117. The summed E-state index contributed by atoms with van der Waals surface area (Å²) in [6.07, 6.45) is 1.19. The molecular weight excluding hydrogens is 268 g/mol. The number of hydrogen-bond donors (Lipinski definition) is 3. The van der Waals surface area contributed by atoms with E-state index in [4.69, 9.17) is 5.73 Å². The van der Waals surface area contributed by atoms with Crippen LogP contribution in [-0.2, 0) is 4.79 Å². The van der Waals surface area contributed by atoms with Crippen molar-refractivity contribution in [3.63, 3.8) is 0 Å². The summed E-state index contributed by atoms with van der Waals surface area (Å²) in [6.45, 7) is 6.43. The Labute approximate surface area is 125 Å². The van der Waals surface area contributed by atoms with Crippen LogP contribution in [0.15, 0.2) is 18.2 Å².